The minimum Gasteiger partial charge on any atom is -0.337 e. The van der Waals surface area contributed by atoms with Crippen molar-refractivity contribution in [1.82, 2.24) is 5.32 Å². The van der Waals surface area contributed by atoms with Gasteiger partial charge in [0.1, 0.15) is 0 Å². The van der Waals surface area contributed by atoms with Gasteiger partial charge in [0.15, 0.2) is 0 Å². The third kappa shape index (κ3) is 3.70. The predicted molar refractivity (Wildman–Crippen MR) is 62.1 cm³/mol. The number of aryl methyl sites for hydroxylation is 1. The lowest BCUT2D eigenvalue weighted by Crippen LogP contribution is -2.30. The minimum atomic E-state index is -0.192. The number of benzene rings is 1. The summed E-state index contributed by atoms with van der Waals surface area (Å²) in [7, 11) is 0. The first-order chi connectivity index (χ1) is 6.72. The Labute approximate surface area is 89.3 Å². The summed E-state index contributed by atoms with van der Waals surface area (Å²) < 4.78 is 0. The Hall–Kier alpha value is -1.16. The van der Waals surface area contributed by atoms with E-state index in [0.717, 1.165) is 5.69 Å². The first-order valence-corrected chi connectivity index (χ1v) is 5.08. The van der Waals surface area contributed by atoms with Gasteiger partial charge in [0.2, 0.25) is 0 Å². The fraction of sp³-hybridized carbons (Fsp3) is 0.300. The fourth-order valence-corrected chi connectivity index (χ4v) is 1.09. The molecule has 3 nitrogen and oxygen atoms in total. The van der Waals surface area contributed by atoms with Crippen LogP contribution in [0.2, 0.25) is 0 Å². The van der Waals surface area contributed by atoms with Crippen molar-refractivity contribution < 1.29 is 4.79 Å². The molecule has 0 radical (unpaired) electrons. The Balaban J connectivity index is 2.44. The number of urea groups is 1. The molecule has 0 aromatic heterocycles. The Morgan fingerprint density at radius 3 is 2.57 bits per heavy atom. The molecule has 14 heavy (non-hydrogen) atoms. The maximum absolute atomic E-state index is 11.2. The van der Waals surface area contributed by atoms with Crippen molar-refractivity contribution in [1.29, 1.82) is 0 Å². The second-order valence-corrected chi connectivity index (χ2v) is 3.42. The standard InChI is InChI=1S/C10H14N2OS/c1-8-2-4-9(5-3-8)12-10(13)11-6-7-14/h2-5,14H,6-7H2,1H3,(H2,11,12,13). The van der Waals surface area contributed by atoms with E-state index in [1.165, 1.54) is 5.56 Å². The second kappa shape index (κ2) is 5.54. The van der Waals surface area contributed by atoms with E-state index in [1.54, 1.807) is 0 Å². The van der Waals surface area contributed by atoms with Crippen molar-refractivity contribution in [2.45, 2.75) is 6.92 Å². The molecule has 1 aromatic rings. The number of carbonyl (C=O) groups is 1. The Morgan fingerprint density at radius 1 is 1.36 bits per heavy atom. The molecular formula is C10H14N2OS. The van der Waals surface area contributed by atoms with Gasteiger partial charge in [-0.25, -0.2) is 4.79 Å². The van der Waals surface area contributed by atoms with E-state index >= 15 is 0 Å². The molecule has 0 unspecified atom stereocenters. The van der Waals surface area contributed by atoms with E-state index in [-0.39, 0.29) is 6.03 Å². The maximum Gasteiger partial charge on any atom is 0.319 e. The lowest BCUT2D eigenvalue weighted by Gasteiger charge is -2.06. The molecular weight excluding hydrogens is 196 g/mol. The Morgan fingerprint density at radius 2 is 2.00 bits per heavy atom. The second-order valence-electron chi connectivity index (χ2n) is 2.97. The van der Waals surface area contributed by atoms with Crippen LogP contribution in [0.5, 0.6) is 0 Å². The quantitative estimate of drug-likeness (QED) is 0.657. The van der Waals surface area contributed by atoms with Gasteiger partial charge < -0.3 is 10.6 Å². The minimum absolute atomic E-state index is 0.192. The van der Waals surface area contributed by atoms with E-state index in [9.17, 15) is 4.79 Å². The summed E-state index contributed by atoms with van der Waals surface area (Å²) in [6.45, 7) is 2.57. The monoisotopic (exact) mass is 210 g/mol. The molecule has 0 fully saturated rings. The number of anilines is 1. The third-order valence-electron chi connectivity index (χ3n) is 1.71. The number of hydrogen-bond donors (Lipinski definition) is 3. The summed E-state index contributed by atoms with van der Waals surface area (Å²) in [4.78, 5) is 11.2. The summed E-state index contributed by atoms with van der Waals surface area (Å²) in [5.41, 5.74) is 1.97. The van der Waals surface area contributed by atoms with Crippen LogP contribution in [-0.4, -0.2) is 18.3 Å². The van der Waals surface area contributed by atoms with Gasteiger partial charge in [-0.05, 0) is 19.1 Å². The van der Waals surface area contributed by atoms with E-state index < -0.39 is 0 Å². The van der Waals surface area contributed by atoms with Crippen LogP contribution < -0.4 is 10.6 Å². The highest BCUT2D eigenvalue weighted by molar-refractivity contribution is 7.80. The third-order valence-corrected chi connectivity index (χ3v) is 1.93. The van der Waals surface area contributed by atoms with Crippen LogP contribution in [0.3, 0.4) is 0 Å². The van der Waals surface area contributed by atoms with Crippen molar-refractivity contribution in [2.75, 3.05) is 17.6 Å². The predicted octanol–water partition coefficient (Wildman–Crippen LogP) is 2.05. The van der Waals surface area contributed by atoms with Gasteiger partial charge in [-0.1, -0.05) is 17.7 Å². The van der Waals surface area contributed by atoms with Gasteiger partial charge >= 0.3 is 6.03 Å². The van der Waals surface area contributed by atoms with Gasteiger partial charge in [-0.15, -0.1) is 0 Å². The number of carbonyl (C=O) groups excluding carboxylic acids is 1. The summed E-state index contributed by atoms with van der Waals surface area (Å²) in [6.07, 6.45) is 0. The molecule has 0 bridgehead atoms. The smallest absolute Gasteiger partial charge is 0.319 e. The molecule has 0 saturated heterocycles. The van der Waals surface area contributed by atoms with Crippen LogP contribution >= 0.6 is 12.6 Å². The molecule has 4 heteroatoms. The number of nitrogens with one attached hydrogen (secondary N) is 2. The van der Waals surface area contributed by atoms with Gasteiger partial charge in [0.05, 0.1) is 0 Å². The zero-order chi connectivity index (χ0) is 10.4. The zero-order valence-electron chi connectivity index (χ0n) is 8.08. The molecule has 0 aliphatic rings. The van der Waals surface area contributed by atoms with Crippen LogP contribution in [0.25, 0.3) is 0 Å². The highest BCUT2D eigenvalue weighted by atomic mass is 32.1. The molecule has 76 valence electrons. The molecule has 0 aliphatic carbocycles. The molecule has 0 aliphatic heterocycles. The summed E-state index contributed by atoms with van der Waals surface area (Å²) >= 11 is 3.99. The summed E-state index contributed by atoms with van der Waals surface area (Å²) in [5.74, 6) is 0.640. The molecule has 2 amide bonds. The summed E-state index contributed by atoms with van der Waals surface area (Å²) in [5, 5.41) is 5.39. The van der Waals surface area contributed by atoms with Crippen LogP contribution in [0.1, 0.15) is 5.56 Å². The van der Waals surface area contributed by atoms with E-state index in [4.69, 9.17) is 0 Å². The number of rotatable bonds is 3. The Kier molecular flexibility index (Phi) is 4.32. The Bertz CT molecular complexity index is 297. The molecule has 1 aromatic carbocycles. The number of amides is 2. The molecule has 0 spiro atoms. The SMILES string of the molecule is Cc1ccc(NC(=O)NCCS)cc1. The van der Waals surface area contributed by atoms with Crippen molar-refractivity contribution >= 4 is 24.3 Å². The van der Waals surface area contributed by atoms with Gasteiger partial charge in [-0.2, -0.15) is 12.6 Å². The van der Waals surface area contributed by atoms with Gasteiger partial charge in [-0.3, -0.25) is 0 Å². The van der Waals surface area contributed by atoms with Crippen molar-refractivity contribution in [3.05, 3.63) is 29.8 Å². The van der Waals surface area contributed by atoms with Crippen molar-refractivity contribution in [3.8, 4) is 0 Å². The van der Waals surface area contributed by atoms with Crippen LogP contribution in [0.15, 0.2) is 24.3 Å². The lowest BCUT2D eigenvalue weighted by molar-refractivity contribution is 0.252. The van der Waals surface area contributed by atoms with Crippen LogP contribution in [-0.2, 0) is 0 Å². The van der Waals surface area contributed by atoms with Crippen molar-refractivity contribution in [2.24, 2.45) is 0 Å². The lowest BCUT2D eigenvalue weighted by atomic mass is 10.2. The first kappa shape index (κ1) is 10.9. The first-order valence-electron chi connectivity index (χ1n) is 4.45. The normalized spacial score (nSPS) is 9.57. The highest BCUT2D eigenvalue weighted by Gasteiger charge is 1.98. The molecule has 0 atom stereocenters. The fourth-order valence-electron chi connectivity index (χ4n) is 0.982. The van der Waals surface area contributed by atoms with Gasteiger partial charge in [0, 0.05) is 18.0 Å². The topological polar surface area (TPSA) is 41.1 Å². The highest BCUT2D eigenvalue weighted by Crippen LogP contribution is 2.07. The number of hydrogen-bond acceptors (Lipinski definition) is 2. The molecule has 2 N–H and O–H groups in total. The van der Waals surface area contributed by atoms with Crippen molar-refractivity contribution in [3.63, 3.8) is 0 Å². The maximum atomic E-state index is 11.2. The van der Waals surface area contributed by atoms with Crippen LogP contribution in [0.4, 0.5) is 10.5 Å². The zero-order valence-corrected chi connectivity index (χ0v) is 8.97. The van der Waals surface area contributed by atoms with Gasteiger partial charge in [0.25, 0.3) is 0 Å². The van der Waals surface area contributed by atoms with E-state index in [2.05, 4.69) is 23.3 Å². The number of thiol groups is 1. The largest absolute Gasteiger partial charge is 0.337 e. The molecule has 0 saturated carbocycles. The summed E-state index contributed by atoms with van der Waals surface area (Å²) in [6, 6.07) is 7.45. The van der Waals surface area contributed by atoms with E-state index in [0.29, 0.717) is 12.3 Å². The molecule has 0 heterocycles. The van der Waals surface area contributed by atoms with Crippen LogP contribution in [0, 0.1) is 6.92 Å². The molecule has 1 rings (SSSR count). The van der Waals surface area contributed by atoms with E-state index in [1.807, 2.05) is 31.2 Å². The average Bonchev–Trinajstić information content (AvgIpc) is 2.18. The average molecular weight is 210 g/mol.